The summed E-state index contributed by atoms with van der Waals surface area (Å²) >= 11 is 0. The van der Waals surface area contributed by atoms with E-state index in [1.807, 2.05) is 7.05 Å². The summed E-state index contributed by atoms with van der Waals surface area (Å²) in [6.45, 7) is 3.26. The van der Waals surface area contributed by atoms with Crippen LogP contribution < -0.4 is 10.3 Å². The maximum atomic E-state index is 14.4. The van der Waals surface area contributed by atoms with E-state index in [1.54, 1.807) is 13.0 Å². The van der Waals surface area contributed by atoms with E-state index in [-0.39, 0.29) is 22.7 Å². The number of likely N-dealkylation sites (tertiary alicyclic amines) is 1. The second-order valence-corrected chi connectivity index (χ2v) is 7.59. The Morgan fingerprint density at radius 1 is 1.30 bits per heavy atom. The summed E-state index contributed by atoms with van der Waals surface area (Å²) < 4.78 is 20.8. The second kappa shape index (κ2) is 7.49. The molecule has 1 saturated heterocycles. The number of ether oxygens (including phenoxy) is 1. The molecule has 0 N–H and O–H groups in total. The molecule has 30 heavy (non-hydrogen) atoms. The lowest BCUT2D eigenvalue weighted by Crippen LogP contribution is -2.27. The Balaban J connectivity index is 2.04. The standard InChI is InChI=1S/C21H21FN4O4/c1-12-8-15(26(28)29)9-16-19(12)23-20(13-6-7-24(2)11-13)25(21(16)27)14-4-5-18(30-3)17(22)10-14/h4-5,8-10,13H,6-7,11H2,1-3H3/t13-/m1/s1. The number of hydrogen-bond donors (Lipinski definition) is 0. The zero-order chi connectivity index (χ0) is 21.6. The summed E-state index contributed by atoms with van der Waals surface area (Å²) in [6.07, 6.45) is 0.805. The van der Waals surface area contributed by atoms with Crippen molar-refractivity contribution in [3.05, 3.63) is 68.0 Å². The number of aromatic nitrogens is 2. The fourth-order valence-corrected chi connectivity index (χ4v) is 4.03. The first-order valence-electron chi connectivity index (χ1n) is 9.54. The predicted molar refractivity (Wildman–Crippen MR) is 110 cm³/mol. The topological polar surface area (TPSA) is 90.5 Å². The fourth-order valence-electron chi connectivity index (χ4n) is 4.03. The van der Waals surface area contributed by atoms with Crippen molar-refractivity contribution < 1.29 is 14.1 Å². The fraction of sp³-hybridized carbons (Fsp3) is 0.333. The van der Waals surface area contributed by atoms with Gasteiger partial charge in [-0.05, 0) is 44.6 Å². The SMILES string of the molecule is COc1ccc(-n2c([C@@H]3CCN(C)C3)nc3c(C)cc([N+](=O)[O-])cc3c2=O)cc1F. The zero-order valence-electron chi connectivity index (χ0n) is 16.9. The van der Waals surface area contributed by atoms with E-state index in [4.69, 9.17) is 9.72 Å². The van der Waals surface area contributed by atoms with Crippen LogP contribution in [-0.2, 0) is 0 Å². The van der Waals surface area contributed by atoms with Crippen molar-refractivity contribution in [1.29, 1.82) is 0 Å². The highest BCUT2D eigenvalue weighted by Crippen LogP contribution is 2.30. The number of fused-ring (bicyclic) bond motifs is 1. The highest BCUT2D eigenvalue weighted by atomic mass is 19.1. The van der Waals surface area contributed by atoms with Gasteiger partial charge < -0.3 is 9.64 Å². The first-order valence-corrected chi connectivity index (χ1v) is 9.54. The minimum absolute atomic E-state index is 0.0214. The van der Waals surface area contributed by atoms with Gasteiger partial charge in [-0.2, -0.15) is 0 Å². The minimum atomic E-state index is -0.605. The molecule has 3 aromatic rings. The van der Waals surface area contributed by atoms with Crippen LogP contribution in [0.1, 0.15) is 23.7 Å². The smallest absolute Gasteiger partial charge is 0.270 e. The maximum Gasteiger partial charge on any atom is 0.270 e. The molecule has 0 saturated carbocycles. The van der Waals surface area contributed by atoms with E-state index in [0.717, 1.165) is 13.0 Å². The van der Waals surface area contributed by atoms with Crippen LogP contribution in [0.15, 0.2) is 35.1 Å². The molecule has 1 atom stereocenters. The summed E-state index contributed by atoms with van der Waals surface area (Å²) in [7, 11) is 3.36. The van der Waals surface area contributed by atoms with Gasteiger partial charge in [0.05, 0.1) is 28.6 Å². The Morgan fingerprint density at radius 2 is 2.07 bits per heavy atom. The van der Waals surface area contributed by atoms with E-state index in [1.165, 1.54) is 35.9 Å². The molecule has 156 valence electrons. The first kappa shape index (κ1) is 20.0. The second-order valence-electron chi connectivity index (χ2n) is 7.59. The van der Waals surface area contributed by atoms with Gasteiger partial charge >= 0.3 is 0 Å². The third-order valence-electron chi connectivity index (χ3n) is 5.54. The number of nitro benzene ring substituents is 1. The van der Waals surface area contributed by atoms with Crippen molar-refractivity contribution in [3.63, 3.8) is 0 Å². The molecule has 1 aliphatic rings. The van der Waals surface area contributed by atoms with Gasteiger partial charge in [0.25, 0.3) is 11.2 Å². The monoisotopic (exact) mass is 412 g/mol. The lowest BCUT2D eigenvalue weighted by Gasteiger charge is -2.19. The van der Waals surface area contributed by atoms with E-state index in [2.05, 4.69) is 4.90 Å². The van der Waals surface area contributed by atoms with Crippen LogP contribution in [0.4, 0.5) is 10.1 Å². The van der Waals surface area contributed by atoms with Crippen molar-refractivity contribution in [1.82, 2.24) is 14.5 Å². The molecule has 0 spiro atoms. The van der Waals surface area contributed by atoms with Crippen LogP contribution in [0, 0.1) is 22.9 Å². The molecule has 2 aromatic carbocycles. The molecule has 0 aliphatic carbocycles. The summed E-state index contributed by atoms with van der Waals surface area (Å²) in [5.41, 5.74) is 0.652. The Kier molecular flexibility index (Phi) is 4.98. The predicted octanol–water partition coefficient (Wildman–Crippen LogP) is 3.17. The van der Waals surface area contributed by atoms with Gasteiger partial charge in [0.2, 0.25) is 0 Å². The Morgan fingerprint density at radius 3 is 2.67 bits per heavy atom. The van der Waals surface area contributed by atoms with Crippen LogP contribution in [0.2, 0.25) is 0 Å². The molecule has 1 aliphatic heterocycles. The van der Waals surface area contributed by atoms with E-state index in [9.17, 15) is 19.3 Å². The average Bonchev–Trinajstić information content (AvgIpc) is 3.14. The number of hydrogen-bond acceptors (Lipinski definition) is 6. The number of likely N-dealkylation sites (N-methyl/N-ethyl adjacent to an activating group) is 1. The number of non-ortho nitro benzene ring substituents is 1. The Hall–Kier alpha value is -3.33. The van der Waals surface area contributed by atoms with Crippen LogP contribution in [0.3, 0.4) is 0 Å². The highest BCUT2D eigenvalue weighted by Gasteiger charge is 2.28. The molecule has 4 rings (SSSR count). The van der Waals surface area contributed by atoms with Gasteiger partial charge in [0.15, 0.2) is 11.6 Å². The maximum absolute atomic E-state index is 14.4. The van der Waals surface area contributed by atoms with Crippen molar-refractivity contribution in [2.24, 2.45) is 0 Å². The molecule has 1 fully saturated rings. The van der Waals surface area contributed by atoms with Gasteiger partial charge in [0, 0.05) is 30.7 Å². The van der Waals surface area contributed by atoms with Gasteiger partial charge in [0.1, 0.15) is 5.82 Å². The van der Waals surface area contributed by atoms with Crippen molar-refractivity contribution >= 4 is 16.6 Å². The number of halogens is 1. The molecule has 0 radical (unpaired) electrons. The van der Waals surface area contributed by atoms with Crippen LogP contribution in [0.5, 0.6) is 5.75 Å². The first-order chi connectivity index (χ1) is 14.3. The third-order valence-corrected chi connectivity index (χ3v) is 5.54. The molecule has 9 heteroatoms. The largest absolute Gasteiger partial charge is 0.494 e. The average molecular weight is 412 g/mol. The van der Waals surface area contributed by atoms with Crippen molar-refractivity contribution in [2.75, 3.05) is 27.2 Å². The molecule has 2 heterocycles. The summed E-state index contributed by atoms with van der Waals surface area (Å²) in [5, 5.41) is 11.4. The van der Waals surface area contributed by atoms with Crippen LogP contribution in [0.25, 0.3) is 16.6 Å². The lowest BCUT2D eigenvalue weighted by molar-refractivity contribution is -0.384. The quantitative estimate of drug-likeness (QED) is 0.483. The Labute approximate surface area is 171 Å². The minimum Gasteiger partial charge on any atom is -0.494 e. The van der Waals surface area contributed by atoms with Gasteiger partial charge in [-0.25, -0.2) is 9.37 Å². The van der Waals surface area contributed by atoms with Crippen LogP contribution >= 0.6 is 0 Å². The molecular formula is C21H21FN4O4. The van der Waals surface area contributed by atoms with Crippen molar-refractivity contribution in [2.45, 2.75) is 19.3 Å². The van der Waals surface area contributed by atoms with E-state index < -0.39 is 16.3 Å². The number of aryl methyl sites for hydroxylation is 1. The molecule has 0 bridgehead atoms. The molecular weight excluding hydrogens is 391 g/mol. The van der Waals surface area contributed by atoms with Gasteiger partial charge in [-0.15, -0.1) is 0 Å². The number of nitrogens with zero attached hydrogens (tertiary/aromatic N) is 4. The Bertz CT molecular complexity index is 1220. The normalized spacial score (nSPS) is 16.9. The van der Waals surface area contributed by atoms with Crippen molar-refractivity contribution in [3.8, 4) is 11.4 Å². The number of benzene rings is 2. The van der Waals surface area contributed by atoms with Crippen LogP contribution in [-0.4, -0.2) is 46.6 Å². The van der Waals surface area contributed by atoms with Gasteiger partial charge in [-0.1, -0.05) is 0 Å². The zero-order valence-corrected chi connectivity index (χ0v) is 16.9. The summed E-state index contributed by atoms with van der Waals surface area (Å²) in [4.78, 5) is 31.2. The number of rotatable bonds is 4. The molecule has 0 amide bonds. The van der Waals surface area contributed by atoms with Gasteiger partial charge in [-0.3, -0.25) is 19.5 Å². The summed E-state index contributed by atoms with van der Waals surface area (Å²) in [5.74, 6) is -0.0360. The number of nitro groups is 1. The molecule has 8 nitrogen and oxygen atoms in total. The lowest BCUT2D eigenvalue weighted by atomic mass is 10.1. The third kappa shape index (κ3) is 3.30. The van der Waals surface area contributed by atoms with E-state index in [0.29, 0.717) is 29.1 Å². The molecule has 0 unspecified atom stereocenters. The number of methoxy groups -OCH3 is 1. The molecule has 1 aromatic heterocycles. The summed E-state index contributed by atoms with van der Waals surface area (Å²) in [6, 6.07) is 6.91. The van der Waals surface area contributed by atoms with E-state index >= 15 is 0 Å². The highest BCUT2D eigenvalue weighted by molar-refractivity contribution is 5.84.